The molecular formula is C28H31N3O4S. The number of amides is 1. The molecule has 1 fully saturated rings. The van der Waals surface area contributed by atoms with Crippen LogP contribution in [0.4, 0.5) is 5.69 Å². The number of nitrogens with zero attached hydrogens (tertiary/aromatic N) is 2. The number of fused-ring (bicyclic) bond motifs is 4. The van der Waals surface area contributed by atoms with Crippen molar-refractivity contribution in [3.8, 4) is 0 Å². The van der Waals surface area contributed by atoms with Crippen LogP contribution in [0.2, 0.25) is 0 Å². The highest BCUT2D eigenvalue weighted by molar-refractivity contribution is 7.89. The van der Waals surface area contributed by atoms with Crippen LogP contribution in [-0.2, 0) is 22.0 Å². The van der Waals surface area contributed by atoms with Gasteiger partial charge in [0.1, 0.15) is 0 Å². The summed E-state index contributed by atoms with van der Waals surface area (Å²) in [5, 5.41) is 2.84. The lowest BCUT2D eigenvalue weighted by molar-refractivity contribution is 0.102. The number of carbonyl (C=O) groups is 1. The number of hydrogen-bond acceptors (Lipinski definition) is 4. The van der Waals surface area contributed by atoms with Gasteiger partial charge in [-0.2, -0.15) is 4.31 Å². The van der Waals surface area contributed by atoms with Gasteiger partial charge in [-0.25, -0.2) is 8.42 Å². The highest BCUT2D eigenvalue weighted by Gasteiger charge is 2.39. The molecule has 2 bridgehead atoms. The molecule has 1 N–H and O–H groups in total. The van der Waals surface area contributed by atoms with Crippen molar-refractivity contribution in [3.05, 3.63) is 93.9 Å². The standard InChI is InChI=1S/C28H31N3O4S/c1-28(2,3)22-9-7-20(8-10-22)27(33)29-23-11-13-24(14-12-23)36(34,35)30-16-19-15-21(18-30)25-5-4-6-26(32)31(25)17-19/h4-14,19,21H,15-18H2,1-3H3,(H,29,33)/t19-,21+/m0/s1. The highest BCUT2D eigenvalue weighted by atomic mass is 32.2. The lowest BCUT2D eigenvalue weighted by atomic mass is 9.84. The van der Waals surface area contributed by atoms with Crippen LogP contribution in [0.3, 0.4) is 0 Å². The number of hydrogen-bond donors (Lipinski definition) is 1. The van der Waals surface area contributed by atoms with E-state index in [1.165, 1.54) is 16.4 Å². The van der Waals surface area contributed by atoms with Gasteiger partial charge in [0.25, 0.3) is 11.5 Å². The van der Waals surface area contributed by atoms with Crippen LogP contribution in [-0.4, -0.2) is 36.3 Å². The van der Waals surface area contributed by atoms with Gasteiger partial charge in [0.05, 0.1) is 4.90 Å². The van der Waals surface area contributed by atoms with Crippen LogP contribution in [0.15, 0.2) is 76.4 Å². The van der Waals surface area contributed by atoms with E-state index in [0.717, 1.165) is 17.7 Å². The first-order valence-electron chi connectivity index (χ1n) is 12.2. The minimum Gasteiger partial charge on any atom is -0.322 e. The second kappa shape index (κ2) is 9.01. The van der Waals surface area contributed by atoms with Crippen LogP contribution in [0.25, 0.3) is 0 Å². The van der Waals surface area contributed by atoms with Crippen molar-refractivity contribution in [1.29, 1.82) is 0 Å². The molecule has 1 aromatic heterocycles. The van der Waals surface area contributed by atoms with Crippen molar-refractivity contribution in [1.82, 2.24) is 8.87 Å². The monoisotopic (exact) mass is 505 g/mol. The van der Waals surface area contributed by atoms with Crippen LogP contribution < -0.4 is 10.9 Å². The van der Waals surface area contributed by atoms with E-state index in [2.05, 4.69) is 26.1 Å². The zero-order valence-electron chi connectivity index (χ0n) is 20.8. The van der Waals surface area contributed by atoms with E-state index in [-0.39, 0.29) is 33.6 Å². The lowest BCUT2D eigenvalue weighted by Crippen LogP contribution is -2.48. The van der Waals surface area contributed by atoms with Crippen LogP contribution in [0.1, 0.15) is 54.7 Å². The van der Waals surface area contributed by atoms with E-state index in [1.807, 2.05) is 18.2 Å². The number of benzene rings is 2. The van der Waals surface area contributed by atoms with Crippen molar-refractivity contribution in [2.75, 3.05) is 18.4 Å². The van der Waals surface area contributed by atoms with E-state index < -0.39 is 10.0 Å². The maximum Gasteiger partial charge on any atom is 0.255 e. The lowest BCUT2D eigenvalue weighted by Gasteiger charge is -2.42. The van der Waals surface area contributed by atoms with E-state index in [0.29, 0.717) is 30.9 Å². The third-order valence-electron chi connectivity index (χ3n) is 7.21. The minimum absolute atomic E-state index is 0.00408. The summed E-state index contributed by atoms with van der Waals surface area (Å²) in [7, 11) is -3.70. The largest absolute Gasteiger partial charge is 0.322 e. The summed E-state index contributed by atoms with van der Waals surface area (Å²) in [5.41, 5.74) is 3.10. The Morgan fingerprint density at radius 1 is 0.917 bits per heavy atom. The molecule has 0 saturated carbocycles. The smallest absolute Gasteiger partial charge is 0.255 e. The molecule has 3 aromatic rings. The number of anilines is 1. The maximum absolute atomic E-state index is 13.4. The molecule has 2 aliphatic heterocycles. The van der Waals surface area contributed by atoms with Crippen LogP contribution >= 0.6 is 0 Å². The predicted octanol–water partition coefficient (Wildman–Crippen LogP) is 4.21. The number of carbonyl (C=O) groups excluding carboxylic acids is 1. The average molecular weight is 506 g/mol. The molecule has 0 spiro atoms. The molecule has 7 nitrogen and oxygen atoms in total. The van der Waals surface area contributed by atoms with E-state index in [9.17, 15) is 18.0 Å². The number of aromatic nitrogens is 1. The summed E-state index contributed by atoms with van der Waals surface area (Å²) in [6.45, 7) is 7.64. The Bertz CT molecular complexity index is 1450. The van der Waals surface area contributed by atoms with Gasteiger partial charge in [0.2, 0.25) is 10.0 Å². The number of piperidine rings is 1. The van der Waals surface area contributed by atoms with Gasteiger partial charge in [-0.1, -0.05) is 39.0 Å². The summed E-state index contributed by atoms with van der Waals surface area (Å²) in [5.74, 6) is -0.136. The average Bonchev–Trinajstić information content (AvgIpc) is 2.84. The Balaban J connectivity index is 1.29. The number of pyridine rings is 1. The summed E-state index contributed by atoms with van der Waals surface area (Å²) in [6, 6.07) is 19.0. The Kier molecular flexibility index (Phi) is 6.12. The third kappa shape index (κ3) is 4.63. The Labute approximate surface area is 211 Å². The third-order valence-corrected chi connectivity index (χ3v) is 9.06. The first kappa shape index (κ1) is 24.5. The normalized spacial score (nSPS) is 20.0. The molecule has 2 atom stereocenters. The number of sulfonamides is 1. The molecular weight excluding hydrogens is 474 g/mol. The molecule has 0 unspecified atom stereocenters. The van der Waals surface area contributed by atoms with Gasteiger partial charge in [-0.05, 0) is 65.8 Å². The fraction of sp³-hybridized carbons (Fsp3) is 0.357. The topological polar surface area (TPSA) is 88.5 Å². The first-order chi connectivity index (χ1) is 17.0. The number of rotatable bonds is 4. The Morgan fingerprint density at radius 2 is 1.61 bits per heavy atom. The molecule has 36 heavy (non-hydrogen) atoms. The van der Waals surface area contributed by atoms with Gasteiger partial charge in [-0.3, -0.25) is 9.59 Å². The van der Waals surface area contributed by atoms with Crippen LogP contribution in [0, 0.1) is 5.92 Å². The fourth-order valence-corrected chi connectivity index (χ4v) is 6.79. The Hall–Kier alpha value is -3.23. The zero-order valence-corrected chi connectivity index (χ0v) is 21.6. The molecule has 1 saturated heterocycles. The molecule has 5 rings (SSSR count). The summed E-state index contributed by atoms with van der Waals surface area (Å²) in [6.07, 6.45) is 0.886. The molecule has 2 aliphatic rings. The van der Waals surface area contributed by atoms with E-state index >= 15 is 0 Å². The molecule has 3 heterocycles. The predicted molar refractivity (Wildman–Crippen MR) is 140 cm³/mol. The van der Waals surface area contributed by atoms with Crippen LogP contribution in [0.5, 0.6) is 0 Å². The molecule has 2 aromatic carbocycles. The van der Waals surface area contributed by atoms with E-state index in [1.54, 1.807) is 41.0 Å². The molecule has 0 radical (unpaired) electrons. The Morgan fingerprint density at radius 3 is 2.28 bits per heavy atom. The van der Waals surface area contributed by atoms with Gasteiger partial charge in [0, 0.05) is 48.6 Å². The highest BCUT2D eigenvalue weighted by Crippen LogP contribution is 2.37. The van der Waals surface area contributed by atoms with Gasteiger partial charge in [0.15, 0.2) is 0 Å². The van der Waals surface area contributed by atoms with Crippen molar-refractivity contribution in [2.45, 2.75) is 50.0 Å². The molecule has 0 aliphatic carbocycles. The molecule has 8 heteroatoms. The quantitative estimate of drug-likeness (QED) is 0.576. The number of nitrogens with one attached hydrogen (secondary N) is 1. The molecule has 188 valence electrons. The second-order valence-electron chi connectivity index (χ2n) is 10.8. The van der Waals surface area contributed by atoms with Crippen molar-refractivity contribution in [3.63, 3.8) is 0 Å². The minimum atomic E-state index is -3.70. The zero-order chi connectivity index (χ0) is 25.7. The van der Waals surface area contributed by atoms with E-state index in [4.69, 9.17) is 0 Å². The fourth-order valence-electron chi connectivity index (χ4n) is 5.23. The molecule has 1 amide bonds. The summed E-state index contributed by atoms with van der Waals surface area (Å²) < 4.78 is 30.2. The first-order valence-corrected chi connectivity index (χ1v) is 13.7. The van der Waals surface area contributed by atoms with Crippen molar-refractivity contribution < 1.29 is 13.2 Å². The summed E-state index contributed by atoms with van der Waals surface area (Å²) >= 11 is 0. The van der Waals surface area contributed by atoms with Crippen molar-refractivity contribution >= 4 is 21.6 Å². The second-order valence-corrected chi connectivity index (χ2v) is 12.8. The van der Waals surface area contributed by atoms with Gasteiger partial charge in [-0.15, -0.1) is 0 Å². The summed E-state index contributed by atoms with van der Waals surface area (Å²) in [4.78, 5) is 25.1. The maximum atomic E-state index is 13.4. The van der Waals surface area contributed by atoms with Gasteiger partial charge < -0.3 is 9.88 Å². The van der Waals surface area contributed by atoms with Crippen molar-refractivity contribution in [2.24, 2.45) is 5.92 Å². The SMILES string of the molecule is CC(C)(C)c1ccc(C(=O)Nc2ccc(S(=O)(=O)N3C[C@@H]4C[C@H](C3)c3cccc(=O)n3C4)cc2)cc1. The van der Waals surface area contributed by atoms with Gasteiger partial charge >= 0.3 is 0 Å².